The van der Waals surface area contributed by atoms with E-state index < -0.39 is 15.6 Å². The van der Waals surface area contributed by atoms with Crippen molar-refractivity contribution in [2.45, 2.75) is 42.5 Å². The smallest absolute Gasteiger partial charge is 0.250 e. The molecule has 5 rings (SSSR count). The lowest BCUT2D eigenvalue weighted by Crippen LogP contribution is -2.62. The van der Waals surface area contributed by atoms with Crippen molar-refractivity contribution in [1.82, 2.24) is 0 Å². The molecular formula is C22H24N4O4S. The first-order valence-corrected chi connectivity index (χ1v) is 12.0. The SMILES string of the molecule is NS(=O)(=O)c1ccc2c(c1)CCN2CC(=O)N1c2ccccc2NC(=O)C12CCCC2. The van der Waals surface area contributed by atoms with Crippen molar-refractivity contribution < 1.29 is 18.0 Å². The molecule has 1 saturated carbocycles. The summed E-state index contributed by atoms with van der Waals surface area (Å²) in [6.07, 6.45) is 3.74. The highest BCUT2D eigenvalue weighted by Crippen LogP contribution is 2.45. The maximum Gasteiger partial charge on any atom is 0.250 e. The number of hydrogen-bond acceptors (Lipinski definition) is 5. The molecule has 2 heterocycles. The van der Waals surface area contributed by atoms with Gasteiger partial charge < -0.3 is 10.2 Å². The Bertz CT molecular complexity index is 1190. The van der Waals surface area contributed by atoms with Crippen LogP contribution in [0.2, 0.25) is 0 Å². The summed E-state index contributed by atoms with van der Waals surface area (Å²) in [5, 5.41) is 8.24. The van der Waals surface area contributed by atoms with E-state index in [-0.39, 0.29) is 23.3 Å². The van der Waals surface area contributed by atoms with Crippen LogP contribution < -0.4 is 20.3 Å². The Balaban J connectivity index is 1.47. The van der Waals surface area contributed by atoms with Crippen LogP contribution in [0.1, 0.15) is 31.2 Å². The minimum Gasteiger partial charge on any atom is -0.362 e. The van der Waals surface area contributed by atoms with Gasteiger partial charge in [-0.25, -0.2) is 13.6 Å². The maximum atomic E-state index is 13.6. The van der Waals surface area contributed by atoms with E-state index in [9.17, 15) is 18.0 Å². The highest BCUT2D eigenvalue weighted by Gasteiger charge is 2.52. The summed E-state index contributed by atoms with van der Waals surface area (Å²) >= 11 is 0. The second-order valence-electron chi connectivity index (χ2n) is 8.45. The minimum absolute atomic E-state index is 0.0750. The fourth-order valence-corrected chi connectivity index (χ4v) is 5.71. The van der Waals surface area contributed by atoms with Gasteiger partial charge in [-0.3, -0.25) is 14.5 Å². The molecule has 0 atom stereocenters. The molecule has 0 unspecified atom stereocenters. The number of hydrogen-bond donors (Lipinski definition) is 2. The van der Waals surface area contributed by atoms with E-state index >= 15 is 0 Å². The lowest BCUT2D eigenvalue weighted by molar-refractivity contribution is -0.126. The van der Waals surface area contributed by atoms with Crippen molar-refractivity contribution in [2.75, 3.05) is 28.2 Å². The maximum absolute atomic E-state index is 13.6. The Morgan fingerprint density at radius 1 is 1.10 bits per heavy atom. The highest BCUT2D eigenvalue weighted by atomic mass is 32.2. The Morgan fingerprint density at radius 2 is 1.84 bits per heavy atom. The topological polar surface area (TPSA) is 113 Å². The Morgan fingerprint density at radius 3 is 2.58 bits per heavy atom. The summed E-state index contributed by atoms with van der Waals surface area (Å²) in [7, 11) is -3.78. The number of nitrogens with zero attached hydrogens (tertiary/aromatic N) is 2. The summed E-state index contributed by atoms with van der Waals surface area (Å²) in [6.45, 7) is 0.717. The zero-order valence-electron chi connectivity index (χ0n) is 17.0. The number of primary sulfonamides is 1. The number of sulfonamides is 1. The molecule has 0 radical (unpaired) electrons. The summed E-state index contributed by atoms with van der Waals surface area (Å²) in [5.41, 5.74) is 2.23. The Labute approximate surface area is 181 Å². The van der Waals surface area contributed by atoms with Gasteiger partial charge in [-0.05, 0) is 55.2 Å². The van der Waals surface area contributed by atoms with Gasteiger partial charge in [-0.1, -0.05) is 25.0 Å². The first kappa shape index (κ1) is 20.0. The molecule has 9 heteroatoms. The summed E-state index contributed by atoms with van der Waals surface area (Å²) in [4.78, 5) is 30.5. The van der Waals surface area contributed by atoms with E-state index in [1.807, 2.05) is 29.2 Å². The van der Waals surface area contributed by atoms with Gasteiger partial charge in [0.15, 0.2) is 0 Å². The normalized spacial score (nSPS) is 19.3. The molecule has 3 N–H and O–H groups in total. The van der Waals surface area contributed by atoms with E-state index in [1.54, 1.807) is 17.0 Å². The molecule has 1 fully saturated rings. The third-order valence-electron chi connectivity index (χ3n) is 6.62. The Kier molecular flexibility index (Phi) is 4.56. The van der Waals surface area contributed by atoms with E-state index in [4.69, 9.17) is 5.14 Å². The van der Waals surface area contributed by atoms with Crippen LogP contribution in [-0.4, -0.2) is 38.9 Å². The van der Waals surface area contributed by atoms with Gasteiger partial charge in [0.25, 0.3) is 5.91 Å². The van der Waals surface area contributed by atoms with Crippen LogP contribution in [0.5, 0.6) is 0 Å². The van der Waals surface area contributed by atoms with E-state index in [2.05, 4.69) is 5.32 Å². The molecule has 2 aliphatic heterocycles. The average Bonchev–Trinajstić information content (AvgIpc) is 3.36. The second kappa shape index (κ2) is 7.06. The lowest BCUT2D eigenvalue weighted by atomic mass is 9.89. The number of benzene rings is 2. The predicted molar refractivity (Wildman–Crippen MR) is 117 cm³/mol. The number of rotatable bonds is 3. The van der Waals surface area contributed by atoms with Crippen LogP contribution in [0.15, 0.2) is 47.4 Å². The molecule has 1 aliphatic carbocycles. The van der Waals surface area contributed by atoms with Crippen molar-refractivity contribution >= 4 is 38.9 Å². The predicted octanol–water partition coefficient (Wildman–Crippen LogP) is 1.99. The van der Waals surface area contributed by atoms with Crippen LogP contribution in [0, 0.1) is 0 Å². The largest absolute Gasteiger partial charge is 0.362 e. The van der Waals surface area contributed by atoms with Gasteiger partial charge in [0, 0.05) is 12.2 Å². The van der Waals surface area contributed by atoms with Gasteiger partial charge in [0.2, 0.25) is 15.9 Å². The quantitative estimate of drug-likeness (QED) is 0.758. The molecule has 2 amide bonds. The first-order chi connectivity index (χ1) is 14.8. The van der Waals surface area contributed by atoms with Crippen LogP contribution in [0.25, 0.3) is 0 Å². The third kappa shape index (κ3) is 3.19. The van der Waals surface area contributed by atoms with Crippen molar-refractivity contribution in [2.24, 2.45) is 5.14 Å². The van der Waals surface area contributed by atoms with Crippen LogP contribution in [-0.2, 0) is 26.0 Å². The van der Waals surface area contributed by atoms with Crippen molar-refractivity contribution in [1.29, 1.82) is 0 Å². The number of nitrogens with two attached hydrogens (primary N) is 1. The number of para-hydroxylation sites is 2. The number of nitrogens with one attached hydrogen (secondary N) is 1. The molecule has 2 aromatic rings. The lowest BCUT2D eigenvalue weighted by Gasteiger charge is -2.45. The Hall–Kier alpha value is -2.91. The van der Waals surface area contributed by atoms with Crippen LogP contribution >= 0.6 is 0 Å². The standard InChI is InChI=1S/C22H24N4O4S/c23-31(29,30)16-7-8-18-15(13-16)9-12-25(18)14-20(27)26-19-6-2-1-5-17(19)24-21(28)22(26)10-3-4-11-22/h1-2,5-8,13H,3-4,9-12,14H2,(H,24,28)(H2,23,29,30). The molecule has 1 spiro atoms. The van der Waals surface area contributed by atoms with Crippen molar-refractivity contribution in [3.8, 4) is 0 Å². The number of amides is 2. The number of carbonyl (C=O) groups is 2. The fraction of sp³-hybridized carbons (Fsp3) is 0.364. The monoisotopic (exact) mass is 440 g/mol. The van der Waals surface area contributed by atoms with Gasteiger partial charge in [-0.2, -0.15) is 0 Å². The molecule has 31 heavy (non-hydrogen) atoms. The van der Waals surface area contributed by atoms with Gasteiger partial charge in [0.05, 0.1) is 22.8 Å². The first-order valence-electron chi connectivity index (χ1n) is 10.4. The zero-order chi connectivity index (χ0) is 21.8. The summed E-state index contributed by atoms with van der Waals surface area (Å²) in [5.74, 6) is -0.246. The van der Waals surface area contributed by atoms with Crippen molar-refractivity contribution in [3.63, 3.8) is 0 Å². The fourth-order valence-electron chi connectivity index (χ4n) is 5.15. The molecular weight excluding hydrogens is 416 g/mol. The van der Waals surface area contributed by atoms with Gasteiger partial charge in [-0.15, -0.1) is 0 Å². The zero-order valence-corrected chi connectivity index (χ0v) is 17.8. The summed E-state index contributed by atoms with van der Waals surface area (Å²) in [6, 6.07) is 12.2. The van der Waals surface area contributed by atoms with Crippen molar-refractivity contribution in [3.05, 3.63) is 48.0 Å². The summed E-state index contributed by atoms with van der Waals surface area (Å²) < 4.78 is 23.3. The van der Waals surface area contributed by atoms with E-state index in [1.165, 1.54) is 6.07 Å². The third-order valence-corrected chi connectivity index (χ3v) is 7.53. The molecule has 0 aromatic heterocycles. The molecule has 0 bridgehead atoms. The van der Waals surface area contributed by atoms with Gasteiger partial charge in [0.1, 0.15) is 5.54 Å². The molecule has 2 aromatic carbocycles. The number of fused-ring (bicyclic) bond motifs is 2. The van der Waals surface area contributed by atoms with E-state index in [0.717, 1.165) is 29.8 Å². The number of anilines is 3. The van der Waals surface area contributed by atoms with E-state index in [0.29, 0.717) is 31.5 Å². The van der Waals surface area contributed by atoms with Gasteiger partial charge >= 0.3 is 0 Å². The molecule has 162 valence electrons. The minimum atomic E-state index is -3.78. The number of carbonyl (C=O) groups excluding carboxylic acids is 2. The van der Waals surface area contributed by atoms with Crippen LogP contribution in [0.4, 0.5) is 17.1 Å². The second-order valence-corrected chi connectivity index (χ2v) is 10.0. The average molecular weight is 441 g/mol. The molecule has 0 saturated heterocycles. The molecule has 8 nitrogen and oxygen atoms in total. The molecule has 3 aliphatic rings. The highest BCUT2D eigenvalue weighted by molar-refractivity contribution is 7.89. The van der Waals surface area contributed by atoms with Crippen LogP contribution in [0.3, 0.4) is 0 Å².